The van der Waals surface area contributed by atoms with Gasteiger partial charge in [0.05, 0.1) is 25.4 Å². The molecule has 0 spiro atoms. The Morgan fingerprint density at radius 2 is 2.52 bits per heavy atom. The fourth-order valence-corrected chi connectivity index (χ4v) is 2.35. The lowest BCUT2D eigenvalue weighted by Gasteiger charge is -2.18. The summed E-state index contributed by atoms with van der Waals surface area (Å²) in [7, 11) is 0. The molecule has 1 saturated heterocycles. The van der Waals surface area contributed by atoms with Crippen LogP contribution in [-0.4, -0.2) is 40.0 Å². The number of azide groups is 1. The predicted molar refractivity (Wildman–Crippen MR) is 75.9 cm³/mol. The van der Waals surface area contributed by atoms with E-state index in [0.29, 0.717) is 6.61 Å². The molecule has 1 aromatic rings. The fourth-order valence-electron chi connectivity index (χ4n) is 2.04. The molecule has 2 rings (SSSR count). The van der Waals surface area contributed by atoms with Crippen LogP contribution >= 0.6 is 15.9 Å². The zero-order chi connectivity index (χ0) is 15.4. The lowest BCUT2D eigenvalue weighted by atomic mass is 10.2. The van der Waals surface area contributed by atoms with E-state index in [1.165, 1.54) is 10.8 Å². The predicted octanol–water partition coefficient (Wildman–Crippen LogP) is 1.36. The average Bonchev–Trinajstić information content (AvgIpc) is 2.81. The van der Waals surface area contributed by atoms with Gasteiger partial charge in [0.25, 0.3) is 5.56 Å². The zero-order valence-electron chi connectivity index (χ0n) is 11.2. The largest absolute Gasteiger partial charge is 0.465 e. The number of aliphatic hydroxyl groups excluding tert-OH is 1. The number of aromatic nitrogens is 2. The Bertz CT molecular complexity index is 615. The SMILES string of the molecule is CCOc1nc(=O)c(Br)cn1[C@@H]1C[C@H](O)[C@@H](CN=[N+]=[N-])O1. The van der Waals surface area contributed by atoms with Crippen molar-refractivity contribution in [1.82, 2.24) is 9.55 Å². The fraction of sp³-hybridized carbons (Fsp3) is 0.636. The minimum atomic E-state index is -0.770. The van der Waals surface area contributed by atoms with Crippen molar-refractivity contribution in [1.29, 1.82) is 0 Å². The second-order valence-corrected chi connectivity index (χ2v) is 5.22. The first-order valence-corrected chi connectivity index (χ1v) is 7.12. The van der Waals surface area contributed by atoms with Gasteiger partial charge in [0, 0.05) is 17.5 Å². The molecule has 2 heterocycles. The molecule has 0 saturated carbocycles. The van der Waals surface area contributed by atoms with Gasteiger partial charge < -0.3 is 14.6 Å². The van der Waals surface area contributed by atoms with Gasteiger partial charge in [0.1, 0.15) is 10.7 Å². The number of halogens is 1. The maximum atomic E-state index is 11.6. The summed E-state index contributed by atoms with van der Waals surface area (Å²) in [5, 5.41) is 13.3. The number of aliphatic hydroxyl groups is 1. The second-order valence-electron chi connectivity index (χ2n) is 4.36. The summed E-state index contributed by atoms with van der Waals surface area (Å²) in [6.45, 7) is 2.14. The van der Waals surface area contributed by atoms with Crippen LogP contribution < -0.4 is 10.3 Å². The molecule has 0 aromatic carbocycles. The van der Waals surface area contributed by atoms with Crippen molar-refractivity contribution in [3.63, 3.8) is 0 Å². The van der Waals surface area contributed by atoms with Crippen LogP contribution in [-0.2, 0) is 4.74 Å². The van der Waals surface area contributed by atoms with E-state index in [4.69, 9.17) is 15.0 Å². The smallest absolute Gasteiger partial charge is 0.301 e. The summed E-state index contributed by atoms with van der Waals surface area (Å²) in [5.74, 6) is 0. The first-order valence-electron chi connectivity index (χ1n) is 6.32. The average molecular weight is 360 g/mol. The number of nitrogens with zero attached hydrogens (tertiary/aromatic N) is 5. The molecule has 0 unspecified atom stereocenters. The quantitative estimate of drug-likeness (QED) is 0.483. The van der Waals surface area contributed by atoms with E-state index in [1.807, 2.05) is 0 Å². The van der Waals surface area contributed by atoms with Crippen LogP contribution in [0, 0.1) is 0 Å². The maximum Gasteiger partial charge on any atom is 0.301 e. The van der Waals surface area contributed by atoms with Crippen molar-refractivity contribution < 1.29 is 14.6 Å². The summed E-state index contributed by atoms with van der Waals surface area (Å²) in [6, 6.07) is 0.118. The van der Waals surface area contributed by atoms with E-state index in [-0.39, 0.29) is 23.4 Å². The minimum absolute atomic E-state index is 0.0347. The van der Waals surface area contributed by atoms with Gasteiger partial charge in [-0.2, -0.15) is 4.98 Å². The lowest BCUT2D eigenvalue weighted by molar-refractivity contribution is -0.0174. The Balaban J connectivity index is 2.27. The molecule has 1 aliphatic heterocycles. The highest BCUT2D eigenvalue weighted by Crippen LogP contribution is 2.31. The van der Waals surface area contributed by atoms with Gasteiger partial charge in [-0.05, 0) is 28.4 Å². The van der Waals surface area contributed by atoms with Crippen molar-refractivity contribution in [2.75, 3.05) is 13.2 Å². The third-order valence-electron chi connectivity index (χ3n) is 2.99. The Morgan fingerprint density at radius 3 is 3.19 bits per heavy atom. The van der Waals surface area contributed by atoms with E-state index in [2.05, 4.69) is 30.9 Å². The van der Waals surface area contributed by atoms with Crippen LogP contribution in [0.3, 0.4) is 0 Å². The van der Waals surface area contributed by atoms with Gasteiger partial charge in [-0.1, -0.05) is 5.11 Å². The molecule has 0 aliphatic carbocycles. The van der Waals surface area contributed by atoms with Gasteiger partial charge in [0.2, 0.25) is 0 Å². The van der Waals surface area contributed by atoms with Crippen LogP contribution in [0.15, 0.2) is 20.6 Å². The Kier molecular flexibility index (Phi) is 5.18. The third kappa shape index (κ3) is 3.53. The molecule has 0 radical (unpaired) electrons. The third-order valence-corrected chi connectivity index (χ3v) is 3.53. The highest BCUT2D eigenvalue weighted by Gasteiger charge is 2.35. The first kappa shape index (κ1) is 15.8. The van der Waals surface area contributed by atoms with Crippen LogP contribution in [0.2, 0.25) is 0 Å². The summed E-state index contributed by atoms with van der Waals surface area (Å²) in [4.78, 5) is 18.0. The van der Waals surface area contributed by atoms with E-state index in [1.54, 1.807) is 6.92 Å². The van der Waals surface area contributed by atoms with E-state index in [9.17, 15) is 9.90 Å². The number of rotatable bonds is 5. The van der Waals surface area contributed by atoms with Crippen LogP contribution in [0.5, 0.6) is 6.01 Å². The van der Waals surface area contributed by atoms with Crippen molar-refractivity contribution in [2.45, 2.75) is 31.8 Å². The number of hydrogen-bond donors (Lipinski definition) is 1. The van der Waals surface area contributed by atoms with Gasteiger partial charge in [-0.15, -0.1) is 0 Å². The van der Waals surface area contributed by atoms with Gasteiger partial charge in [-0.25, -0.2) is 0 Å². The van der Waals surface area contributed by atoms with E-state index in [0.717, 1.165) is 0 Å². The van der Waals surface area contributed by atoms with Crippen molar-refractivity contribution in [3.8, 4) is 6.01 Å². The molecule has 1 N–H and O–H groups in total. The minimum Gasteiger partial charge on any atom is -0.465 e. The summed E-state index contributed by atoms with van der Waals surface area (Å²) >= 11 is 3.11. The van der Waals surface area contributed by atoms with Crippen LogP contribution in [0.1, 0.15) is 19.6 Å². The summed E-state index contributed by atoms with van der Waals surface area (Å²) < 4.78 is 12.8. The molecule has 0 amide bonds. The Labute approximate surface area is 128 Å². The molecule has 9 nitrogen and oxygen atoms in total. The monoisotopic (exact) mass is 359 g/mol. The molecule has 3 atom stereocenters. The van der Waals surface area contributed by atoms with Crippen molar-refractivity contribution in [2.24, 2.45) is 5.11 Å². The number of ether oxygens (including phenoxy) is 2. The Morgan fingerprint density at radius 1 is 1.76 bits per heavy atom. The lowest BCUT2D eigenvalue weighted by Crippen LogP contribution is -2.23. The molecular formula is C11H14BrN5O4. The van der Waals surface area contributed by atoms with Gasteiger partial charge >= 0.3 is 6.01 Å². The summed E-state index contributed by atoms with van der Waals surface area (Å²) in [5.41, 5.74) is 7.88. The van der Waals surface area contributed by atoms with Crippen molar-refractivity contribution in [3.05, 3.63) is 31.5 Å². The molecule has 1 aliphatic rings. The van der Waals surface area contributed by atoms with E-state index >= 15 is 0 Å². The van der Waals surface area contributed by atoms with Crippen molar-refractivity contribution >= 4 is 15.9 Å². The molecule has 114 valence electrons. The van der Waals surface area contributed by atoms with Crippen LogP contribution in [0.4, 0.5) is 0 Å². The molecule has 0 bridgehead atoms. The topological polar surface area (TPSA) is 122 Å². The standard InChI is InChI=1S/C11H14BrN5O4/c1-2-20-11-15-10(19)6(12)5-17(11)9-3-7(18)8(21-9)4-14-16-13/h5,7-9,18H,2-4H2,1H3/t7-,8+,9-/m0/s1. The molecular weight excluding hydrogens is 346 g/mol. The highest BCUT2D eigenvalue weighted by molar-refractivity contribution is 9.10. The number of hydrogen-bond acceptors (Lipinski definition) is 6. The molecule has 10 heteroatoms. The van der Waals surface area contributed by atoms with Gasteiger partial charge in [0.15, 0.2) is 0 Å². The molecule has 1 aromatic heterocycles. The second kappa shape index (κ2) is 6.90. The normalized spacial score (nSPS) is 24.6. The van der Waals surface area contributed by atoms with Gasteiger partial charge in [-0.3, -0.25) is 9.36 Å². The molecule has 21 heavy (non-hydrogen) atoms. The first-order chi connectivity index (χ1) is 10.1. The van der Waals surface area contributed by atoms with Crippen LogP contribution in [0.25, 0.3) is 10.4 Å². The molecule has 1 fully saturated rings. The summed E-state index contributed by atoms with van der Waals surface area (Å²) in [6.07, 6.45) is -0.132. The highest BCUT2D eigenvalue weighted by atomic mass is 79.9. The Hall–Kier alpha value is -1.61. The maximum absolute atomic E-state index is 11.6. The van der Waals surface area contributed by atoms with E-state index < -0.39 is 24.0 Å². The zero-order valence-corrected chi connectivity index (χ0v) is 12.8.